The number of carbonyl (C=O) groups is 1. The van der Waals surface area contributed by atoms with E-state index < -0.39 is 5.82 Å². The van der Waals surface area contributed by atoms with Gasteiger partial charge in [0.1, 0.15) is 12.4 Å². The van der Waals surface area contributed by atoms with E-state index in [1.54, 1.807) is 0 Å². The molecule has 2 rings (SSSR count). The normalized spacial score (nSPS) is 17.2. The molecule has 0 bridgehead atoms. The van der Waals surface area contributed by atoms with Gasteiger partial charge in [-0.2, -0.15) is 0 Å². The number of benzene rings is 1. The second-order valence-corrected chi connectivity index (χ2v) is 4.31. The van der Waals surface area contributed by atoms with Crippen molar-refractivity contribution in [1.29, 1.82) is 0 Å². The van der Waals surface area contributed by atoms with E-state index in [0.717, 1.165) is 6.42 Å². The SMILES string of the molecule is O=C(Nc1ccc(F)c(C#CCO)c1)NC1CCOC1. The van der Waals surface area contributed by atoms with Gasteiger partial charge in [-0.15, -0.1) is 0 Å². The van der Waals surface area contributed by atoms with E-state index in [1.165, 1.54) is 18.2 Å². The minimum atomic E-state index is -0.499. The number of anilines is 1. The third-order valence-electron chi connectivity index (χ3n) is 2.79. The Morgan fingerprint density at radius 2 is 2.40 bits per heavy atom. The summed E-state index contributed by atoms with van der Waals surface area (Å²) in [4.78, 5) is 11.7. The maximum absolute atomic E-state index is 13.4. The first-order valence-corrected chi connectivity index (χ1v) is 6.23. The number of hydrogen-bond acceptors (Lipinski definition) is 3. The molecule has 1 aromatic rings. The molecule has 0 aliphatic carbocycles. The molecule has 106 valence electrons. The van der Waals surface area contributed by atoms with Gasteiger partial charge in [-0.25, -0.2) is 9.18 Å². The summed E-state index contributed by atoms with van der Waals surface area (Å²) in [7, 11) is 0. The molecule has 6 heteroatoms. The second-order valence-electron chi connectivity index (χ2n) is 4.31. The molecule has 0 aromatic heterocycles. The summed E-state index contributed by atoms with van der Waals surface area (Å²) >= 11 is 0. The zero-order valence-electron chi connectivity index (χ0n) is 10.8. The van der Waals surface area contributed by atoms with Crippen LogP contribution in [0.15, 0.2) is 18.2 Å². The molecule has 3 N–H and O–H groups in total. The number of urea groups is 1. The van der Waals surface area contributed by atoms with Gasteiger partial charge in [0.15, 0.2) is 0 Å². The monoisotopic (exact) mass is 278 g/mol. The molecule has 1 fully saturated rings. The highest BCUT2D eigenvalue weighted by molar-refractivity contribution is 5.89. The minimum Gasteiger partial charge on any atom is -0.384 e. The first-order valence-electron chi connectivity index (χ1n) is 6.23. The van der Waals surface area contributed by atoms with Crippen LogP contribution in [0.1, 0.15) is 12.0 Å². The van der Waals surface area contributed by atoms with Crippen molar-refractivity contribution in [3.8, 4) is 11.8 Å². The number of ether oxygens (including phenoxy) is 1. The molecular weight excluding hydrogens is 263 g/mol. The first-order chi connectivity index (χ1) is 9.69. The Morgan fingerprint density at radius 1 is 1.55 bits per heavy atom. The molecule has 1 saturated heterocycles. The molecule has 5 nitrogen and oxygen atoms in total. The standard InChI is InChI=1S/C14H15FN2O3/c15-13-4-3-11(8-10(13)2-1-6-18)16-14(19)17-12-5-7-20-9-12/h3-4,8,12,18H,5-7,9H2,(H2,16,17,19). The smallest absolute Gasteiger partial charge is 0.319 e. The molecule has 2 amide bonds. The van der Waals surface area contributed by atoms with Crippen molar-refractivity contribution in [3.63, 3.8) is 0 Å². The van der Waals surface area contributed by atoms with Crippen LogP contribution in [0.25, 0.3) is 0 Å². The Balaban J connectivity index is 1.99. The molecule has 1 aromatic carbocycles. The van der Waals surface area contributed by atoms with E-state index in [0.29, 0.717) is 18.9 Å². The molecular formula is C14H15FN2O3. The van der Waals surface area contributed by atoms with Gasteiger partial charge in [0.05, 0.1) is 18.2 Å². The lowest BCUT2D eigenvalue weighted by molar-refractivity contribution is 0.189. The van der Waals surface area contributed by atoms with Crippen molar-refractivity contribution < 1.29 is 19.0 Å². The van der Waals surface area contributed by atoms with Crippen molar-refractivity contribution in [2.75, 3.05) is 25.1 Å². The summed E-state index contributed by atoms with van der Waals surface area (Å²) in [5.74, 6) is 4.35. The highest BCUT2D eigenvalue weighted by Gasteiger charge is 2.17. The topological polar surface area (TPSA) is 70.6 Å². The molecule has 1 aliphatic rings. The summed E-state index contributed by atoms with van der Waals surface area (Å²) in [6.07, 6.45) is 0.782. The van der Waals surface area contributed by atoms with Gasteiger partial charge in [-0.3, -0.25) is 0 Å². The average molecular weight is 278 g/mol. The van der Waals surface area contributed by atoms with Crippen LogP contribution in [-0.2, 0) is 4.74 Å². The van der Waals surface area contributed by atoms with Crippen LogP contribution in [-0.4, -0.2) is 37.0 Å². The molecule has 1 aliphatic heterocycles. The Hall–Kier alpha value is -2.10. The van der Waals surface area contributed by atoms with E-state index in [-0.39, 0.29) is 24.2 Å². The van der Waals surface area contributed by atoms with Crippen LogP contribution < -0.4 is 10.6 Å². The Bertz CT molecular complexity index is 545. The first kappa shape index (κ1) is 14.3. The zero-order valence-corrected chi connectivity index (χ0v) is 10.8. The zero-order chi connectivity index (χ0) is 14.4. The average Bonchev–Trinajstić information content (AvgIpc) is 2.92. The number of aliphatic hydroxyl groups excluding tert-OH is 1. The summed E-state index contributed by atoms with van der Waals surface area (Å²) in [6.45, 7) is 0.797. The van der Waals surface area contributed by atoms with Gasteiger partial charge in [0.2, 0.25) is 0 Å². The maximum atomic E-state index is 13.4. The fourth-order valence-corrected chi connectivity index (χ4v) is 1.83. The van der Waals surface area contributed by atoms with Crippen LogP contribution in [0.2, 0.25) is 0 Å². The van der Waals surface area contributed by atoms with Crippen molar-refractivity contribution in [2.45, 2.75) is 12.5 Å². The Kier molecular flexibility index (Phi) is 4.93. The van der Waals surface area contributed by atoms with Crippen molar-refractivity contribution in [3.05, 3.63) is 29.6 Å². The van der Waals surface area contributed by atoms with Crippen LogP contribution in [0, 0.1) is 17.7 Å². The van der Waals surface area contributed by atoms with E-state index in [2.05, 4.69) is 22.5 Å². The van der Waals surface area contributed by atoms with E-state index in [4.69, 9.17) is 9.84 Å². The maximum Gasteiger partial charge on any atom is 0.319 e. The van der Waals surface area contributed by atoms with Crippen LogP contribution in [0.5, 0.6) is 0 Å². The van der Waals surface area contributed by atoms with E-state index >= 15 is 0 Å². The van der Waals surface area contributed by atoms with Gasteiger partial charge >= 0.3 is 6.03 Å². The second kappa shape index (κ2) is 6.89. The van der Waals surface area contributed by atoms with Crippen molar-refractivity contribution >= 4 is 11.7 Å². The largest absolute Gasteiger partial charge is 0.384 e. The number of halogens is 1. The molecule has 0 saturated carbocycles. The number of rotatable bonds is 2. The van der Waals surface area contributed by atoms with Gasteiger partial charge in [0.25, 0.3) is 0 Å². The lowest BCUT2D eigenvalue weighted by Crippen LogP contribution is -2.38. The highest BCUT2D eigenvalue weighted by atomic mass is 19.1. The fourth-order valence-electron chi connectivity index (χ4n) is 1.83. The van der Waals surface area contributed by atoms with Crippen LogP contribution in [0.3, 0.4) is 0 Å². The molecule has 1 atom stereocenters. The van der Waals surface area contributed by atoms with Gasteiger partial charge < -0.3 is 20.5 Å². The fraction of sp³-hybridized carbons (Fsp3) is 0.357. The van der Waals surface area contributed by atoms with Gasteiger partial charge in [-0.05, 0) is 24.6 Å². The predicted octanol–water partition coefficient (Wildman–Crippen LogP) is 1.08. The number of aliphatic hydroxyl groups is 1. The number of carbonyl (C=O) groups excluding carboxylic acids is 1. The summed E-state index contributed by atoms with van der Waals surface area (Å²) < 4.78 is 18.6. The Labute approximate surface area is 116 Å². The number of nitrogens with one attached hydrogen (secondary N) is 2. The lowest BCUT2D eigenvalue weighted by atomic mass is 10.2. The third kappa shape index (κ3) is 3.95. The van der Waals surface area contributed by atoms with E-state index in [9.17, 15) is 9.18 Å². The quantitative estimate of drug-likeness (QED) is 0.709. The molecule has 0 radical (unpaired) electrons. The summed E-state index contributed by atoms with van der Waals surface area (Å²) in [6, 6.07) is 3.72. The molecule has 0 spiro atoms. The summed E-state index contributed by atoms with van der Waals surface area (Å²) in [5.41, 5.74) is 0.561. The van der Waals surface area contributed by atoms with Crippen molar-refractivity contribution in [1.82, 2.24) is 5.32 Å². The lowest BCUT2D eigenvalue weighted by Gasteiger charge is -2.12. The number of hydrogen-bond donors (Lipinski definition) is 3. The van der Waals surface area contributed by atoms with Gasteiger partial charge in [0, 0.05) is 12.3 Å². The van der Waals surface area contributed by atoms with Gasteiger partial charge in [-0.1, -0.05) is 11.8 Å². The minimum absolute atomic E-state index is 0.00380. The Morgan fingerprint density at radius 3 is 3.10 bits per heavy atom. The molecule has 1 heterocycles. The van der Waals surface area contributed by atoms with Crippen molar-refractivity contribution in [2.24, 2.45) is 0 Å². The number of amides is 2. The highest BCUT2D eigenvalue weighted by Crippen LogP contribution is 2.14. The third-order valence-corrected chi connectivity index (χ3v) is 2.79. The molecule has 20 heavy (non-hydrogen) atoms. The van der Waals surface area contributed by atoms with Crippen LogP contribution in [0.4, 0.5) is 14.9 Å². The van der Waals surface area contributed by atoms with E-state index in [1.807, 2.05) is 0 Å². The summed E-state index contributed by atoms with van der Waals surface area (Å²) in [5, 5.41) is 14.0. The predicted molar refractivity (Wildman–Crippen MR) is 71.7 cm³/mol. The molecule has 1 unspecified atom stereocenters. The van der Waals surface area contributed by atoms with Crippen LogP contribution >= 0.6 is 0 Å².